The van der Waals surface area contributed by atoms with Crippen LogP contribution in [0.4, 0.5) is 5.69 Å². The van der Waals surface area contributed by atoms with E-state index < -0.39 is 0 Å². The van der Waals surface area contributed by atoms with E-state index >= 15 is 0 Å². The minimum atomic E-state index is 0. The van der Waals surface area contributed by atoms with Crippen molar-refractivity contribution in [3.8, 4) is 11.5 Å². The van der Waals surface area contributed by atoms with Crippen LogP contribution in [0.5, 0.6) is 11.5 Å². The number of anilines is 1. The van der Waals surface area contributed by atoms with Gasteiger partial charge in [-0.2, -0.15) is 0 Å². The van der Waals surface area contributed by atoms with Gasteiger partial charge in [-0.1, -0.05) is 29.8 Å². The highest BCUT2D eigenvalue weighted by atomic mass is 127. The molecule has 1 unspecified atom stereocenters. The van der Waals surface area contributed by atoms with Gasteiger partial charge >= 0.3 is 0 Å². The summed E-state index contributed by atoms with van der Waals surface area (Å²) in [5.74, 6) is 2.36. The molecule has 0 spiro atoms. The van der Waals surface area contributed by atoms with Gasteiger partial charge < -0.3 is 25.0 Å². The van der Waals surface area contributed by atoms with Crippen molar-refractivity contribution in [2.75, 3.05) is 39.3 Å². The molecule has 3 rings (SSSR count). The molecule has 2 aromatic carbocycles. The van der Waals surface area contributed by atoms with Crippen molar-refractivity contribution in [2.45, 2.75) is 19.0 Å². The lowest BCUT2D eigenvalue weighted by atomic mass is 10.2. The number of hydrogen-bond acceptors (Lipinski definition) is 4. The van der Waals surface area contributed by atoms with Crippen LogP contribution in [0.15, 0.2) is 47.5 Å². The Balaban J connectivity index is 0.00000300. The summed E-state index contributed by atoms with van der Waals surface area (Å²) >= 11 is 6.23. The first-order chi connectivity index (χ1) is 13.6. The summed E-state index contributed by atoms with van der Waals surface area (Å²) in [6.45, 7) is 2.46. The first-order valence-electron chi connectivity index (χ1n) is 9.31. The number of ether oxygens (including phenoxy) is 2. The molecule has 1 fully saturated rings. The van der Waals surface area contributed by atoms with Gasteiger partial charge in [0.25, 0.3) is 0 Å². The van der Waals surface area contributed by atoms with Crippen LogP contribution in [0.1, 0.15) is 12.0 Å². The van der Waals surface area contributed by atoms with Crippen LogP contribution >= 0.6 is 35.6 Å². The van der Waals surface area contributed by atoms with Crippen molar-refractivity contribution in [2.24, 2.45) is 4.99 Å². The van der Waals surface area contributed by atoms with E-state index in [4.69, 9.17) is 21.1 Å². The van der Waals surface area contributed by atoms with Crippen LogP contribution in [0, 0.1) is 0 Å². The molecule has 0 radical (unpaired) electrons. The van der Waals surface area contributed by atoms with E-state index in [1.54, 1.807) is 21.3 Å². The molecule has 0 aliphatic carbocycles. The van der Waals surface area contributed by atoms with E-state index in [2.05, 4.69) is 20.5 Å². The van der Waals surface area contributed by atoms with Gasteiger partial charge in [0, 0.05) is 61.6 Å². The number of hydrogen-bond donors (Lipinski definition) is 2. The van der Waals surface area contributed by atoms with E-state index in [9.17, 15) is 0 Å². The number of methoxy groups -OCH3 is 2. The first-order valence-corrected chi connectivity index (χ1v) is 9.69. The molecular weight excluding hydrogens is 503 g/mol. The molecular formula is C21H28ClIN4O2. The Bertz CT molecular complexity index is 812. The molecule has 0 amide bonds. The van der Waals surface area contributed by atoms with Gasteiger partial charge in [-0.15, -0.1) is 24.0 Å². The molecule has 1 atom stereocenters. The van der Waals surface area contributed by atoms with E-state index in [-0.39, 0.29) is 24.0 Å². The van der Waals surface area contributed by atoms with E-state index in [0.717, 1.165) is 53.2 Å². The Morgan fingerprint density at radius 1 is 1.17 bits per heavy atom. The van der Waals surface area contributed by atoms with Crippen molar-refractivity contribution >= 4 is 47.2 Å². The Morgan fingerprint density at radius 3 is 2.48 bits per heavy atom. The molecule has 0 bridgehead atoms. The predicted octanol–water partition coefficient (Wildman–Crippen LogP) is 3.92. The molecule has 2 aromatic rings. The van der Waals surface area contributed by atoms with Crippen molar-refractivity contribution in [1.82, 2.24) is 10.6 Å². The molecule has 2 N–H and O–H groups in total. The quantitative estimate of drug-likeness (QED) is 0.337. The molecule has 1 aliphatic rings. The van der Waals surface area contributed by atoms with Crippen LogP contribution in [-0.2, 0) is 6.54 Å². The van der Waals surface area contributed by atoms with Crippen LogP contribution in [0.2, 0.25) is 5.02 Å². The van der Waals surface area contributed by atoms with Crippen molar-refractivity contribution in [3.63, 3.8) is 0 Å². The summed E-state index contributed by atoms with van der Waals surface area (Å²) in [6.07, 6.45) is 1.02. The van der Waals surface area contributed by atoms with Crippen molar-refractivity contribution in [3.05, 3.63) is 53.1 Å². The molecule has 158 valence electrons. The van der Waals surface area contributed by atoms with Gasteiger partial charge in [0.1, 0.15) is 11.5 Å². The Hall–Kier alpha value is -1.87. The molecule has 1 aliphatic heterocycles. The molecule has 8 heteroatoms. The normalized spacial score (nSPS) is 16.2. The smallest absolute Gasteiger partial charge is 0.191 e. The third kappa shape index (κ3) is 6.30. The standard InChI is InChI=1S/C21H27ClN4O2.HI/c1-23-21(24-13-15-6-4-5-7-20(15)22)25-16-8-9-26(14-16)17-10-18(27-2)12-19(11-17)28-3;/h4-7,10-12,16H,8-9,13-14H2,1-3H3,(H2,23,24,25);1H. The number of guanidine groups is 1. The molecule has 6 nitrogen and oxygen atoms in total. The minimum Gasteiger partial charge on any atom is -0.497 e. The lowest BCUT2D eigenvalue weighted by Gasteiger charge is -2.21. The largest absolute Gasteiger partial charge is 0.497 e. The summed E-state index contributed by atoms with van der Waals surface area (Å²) in [5.41, 5.74) is 2.14. The zero-order valence-electron chi connectivity index (χ0n) is 16.9. The second kappa shape index (κ2) is 11.3. The fourth-order valence-electron chi connectivity index (χ4n) is 3.30. The zero-order valence-corrected chi connectivity index (χ0v) is 20.0. The highest BCUT2D eigenvalue weighted by Crippen LogP contribution is 2.30. The molecule has 0 saturated carbocycles. The molecule has 1 saturated heterocycles. The van der Waals surface area contributed by atoms with Gasteiger partial charge in [-0.05, 0) is 18.1 Å². The van der Waals surface area contributed by atoms with E-state index in [0.29, 0.717) is 12.6 Å². The second-order valence-electron chi connectivity index (χ2n) is 6.66. The molecule has 0 aromatic heterocycles. The number of aliphatic imine (C=N–C) groups is 1. The number of benzene rings is 2. The Labute approximate surface area is 194 Å². The average Bonchev–Trinajstić information content (AvgIpc) is 3.20. The maximum atomic E-state index is 6.23. The van der Waals surface area contributed by atoms with Crippen LogP contribution < -0.4 is 25.0 Å². The van der Waals surface area contributed by atoms with Crippen molar-refractivity contribution < 1.29 is 9.47 Å². The summed E-state index contributed by atoms with van der Waals surface area (Å²) in [6, 6.07) is 14.1. The fraction of sp³-hybridized carbons (Fsp3) is 0.381. The monoisotopic (exact) mass is 530 g/mol. The maximum absolute atomic E-state index is 6.23. The summed E-state index contributed by atoms with van der Waals surface area (Å²) in [7, 11) is 5.12. The first kappa shape index (κ1) is 23.4. The van der Waals surface area contributed by atoms with Crippen LogP contribution in [0.25, 0.3) is 0 Å². The lowest BCUT2D eigenvalue weighted by molar-refractivity contribution is 0.394. The summed E-state index contributed by atoms with van der Waals surface area (Å²) in [4.78, 5) is 6.67. The van der Waals surface area contributed by atoms with Crippen LogP contribution in [0.3, 0.4) is 0 Å². The lowest BCUT2D eigenvalue weighted by Crippen LogP contribution is -2.44. The van der Waals surface area contributed by atoms with Gasteiger partial charge in [0.05, 0.1) is 14.2 Å². The van der Waals surface area contributed by atoms with Gasteiger partial charge in [0.2, 0.25) is 0 Å². The number of nitrogens with zero attached hydrogens (tertiary/aromatic N) is 2. The Kier molecular flexibility index (Phi) is 9.16. The maximum Gasteiger partial charge on any atom is 0.191 e. The van der Waals surface area contributed by atoms with E-state index in [1.165, 1.54) is 0 Å². The highest BCUT2D eigenvalue weighted by molar-refractivity contribution is 14.0. The predicted molar refractivity (Wildman–Crippen MR) is 130 cm³/mol. The fourth-order valence-corrected chi connectivity index (χ4v) is 3.50. The second-order valence-corrected chi connectivity index (χ2v) is 7.07. The van der Waals surface area contributed by atoms with E-state index in [1.807, 2.05) is 42.5 Å². The zero-order chi connectivity index (χ0) is 19.9. The molecule has 1 heterocycles. The number of rotatable bonds is 6. The van der Waals surface area contributed by atoms with Crippen LogP contribution in [-0.4, -0.2) is 46.4 Å². The number of halogens is 2. The minimum absolute atomic E-state index is 0. The van der Waals surface area contributed by atoms with Gasteiger partial charge in [0.15, 0.2) is 5.96 Å². The molecule has 29 heavy (non-hydrogen) atoms. The van der Waals surface area contributed by atoms with Crippen molar-refractivity contribution in [1.29, 1.82) is 0 Å². The third-order valence-electron chi connectivity index (χ3n) is 4.86. The Morgan fingerprint density at radius 2 is 1.86 bits per heavy atom. The third-order valence-corrected chi connectivity index (χ3v) is 5.23. The van der Waals surface area contributed by atoms with Gasteiger partial charge in [-0.25, -0.2) is 0 Å². The topological polar surface area (TPSA) is 58.1 Å². The summed E-state index contributed by atoms with van der Waals surface area (Å²) < 4.78 is 10.8. The SMILES string of the molecule is CN=C(NCc1ccccc1Cl)NC1CCN(c2cc(OC)cc(OC)c2)C1.I. The summed E-state index contributed by atoms with van der Waals surface area (Å²) in [5, 5.41) is 7.60. The number of nitrogens with one attached hydrogen (secondary N) is 2. The van der Waals surface area contributed by atoms with Gasteiger partial charge in [-0.3, -0.25) is 4.99 Å². The average molecular weight is 531 g/mol. The highest BCUT2D eigenvalue weighted by Gasteiger charge is 2.24.